The lowest BCUT2D eigenvalue weighted by Gasteiger charge is -2.10. The summed E-state index contributed by atoms with van der Waals surface area (Å²) in [6.07, 6.45) is 3.57. The first-order valence-electron chi connectivity index (χ1n) is 5.78. The van der Waals surface area contributed by atoms with Gasteiger partial charge in [-0.25, -0.2) is 4.79 Å². The number of nitrogens with zero attached hydrogens (tertiary/aromatic N) is 2. The number of nitrogens with two attached hydrogens (primary N) is 1. The van der Waals surface area contributed by atoms with Gasteiger partial charge in [0.1, 0.15) is 5.56 Å². The van der Waals surface area contributed by atoms with Crippen molar-refractivity contribution in [3.63, 3.8) is 0 Å². The number of rotatable bonds is 2. The third kappa shape index (κ3) is 4.44. The first-order valence-corrected chi connectivity index (χ1v) is 6.16. The number of aromatic carboxylic acids is 1. The minimum atomic E-state index is -1.10. The molecule has 0 saturated heterocycles. The summed E-state index contributed by atoms with van der Waals surface area (Å²) in [5, 5.41) is 8.75. The summed E-state index contributed by atoms with van der Waals surface area (Å²) in [5.41, 5.74) is 6.69. The number of benzene rings is 1. The van der Waals surface area contributed by atoms with Gasteiger partial charge in [0.05, 0.1) is 5.02 Å². The molecule has 0 fully saturated rings. The van der Waals surface area contributed by atoms with E-state index in [0.29, 0.717) is 0 Å². The van der Waals surface area contributed by atoms with E-state index in [2.05, 4.69) is 4.98 Å². The predicted octanol–water partition coefficient (Wildman–Crippen LogP) is 2.77. The van der Waals surface area contributed by atoms with Crippen molar-refractivity contribution in [3.8, 4) is 0 Å². The number of carboxylic acids is 1. The average molecular weight is 294 g/mol. The molecule has 5 nitrogen and oxygen atoms in total. The largest absolute Gasteiger partial charge is 0.478 e. The topological polar surface area (TPSA) is 79.5 Å². The third-order valence-corrected chi connectivity index (χ3v) is 2.75. The van der Waals surface area contributed by atoms with Crippen molar-refractivity contribution >= 4 is 28.9 Å². The van der Waals surface area contributed by atoms with Crippen LogP contribution < -0.4 is 10.6 Å². The van der Waals surface area contributed by atoms with Gasteiger partial charge in [0.25, 0.3) is 0 Å². The molecule has 1 aromatic carbocycles. The van der Waals surface area contributed by atoms with Gasteiger partial charge in [0, 0.05) is 37.9 Å². The van der Waals surface area contributed by atoms with E-state index >= 15 is 0 Å². The van der Waals surface area contributed by atoms with Gasteiger partial charge in [-0.05, 0) is 24.3 Å². The highest BCUT2D eigenvalue weighted by molar-refractivity contribution is 6.34. The maximum atomic E-state index is 10.5. The molecular weight excluding hydrogens is 278 g/mol. The molecule has 0 aliphatic heterocycles. The summed E-state index contributed by atoms with van der Waals surface area (Å²) in [7, 11) is 4.02. The van der Waals surface area contributed by atoms with Crippen LogP contribution in [0.2, 0.25) is 5.02 Å². The third-order valence-electron chi connectivity index (χ3n) is 2.44. The van der Waals surface area contributed by atoms with Crippen molar-refractivity contribution in [1.29, 1.82) is 0 Å². The fourth-order valence-electron chi connectivity index (χ4n) is 1.41. The van der Waals surface area contributed by atoms with E-state index in [4.69, 9.17) is 22.4 Å². The first kappa shape index (κ1) is 15.8. The number of anilines is 2. The molecular formula is C14H16ClN3O2. The van der Waals surface area contributed by atoms with E-state index in [9.17, 15) is 4.79 Å². The smallest absolute Gasteiger partial charge is 0.339 e. The van der Waals surface area contributed by atoms with Crippen LogP contribution >= 0.6 is 11.6 Å². The summed E-state index contributed by atoms with van der Waals surface area (Å²) in [6.45, 7) is 0. The van der Waals surface area contributed by atoms with Crippen LogP contribution in [0, 0.1) is 0 Å². The fraction of sp³-hybridized carbons (Fsp3) is 0.143. The van der Waals surface area contributed by atoms with Crippen LogP contribution in [0.25, 0.3) is 0 Å². The zero-order valence-corrected chi connectivity index (χ0v) is 12.0. The van der Waals surface area contributed by atoms with Crippen LogP contribution in [0.1, 0.15) is 10.4 Å². The Morgan fingerprint density at radius 1 is 1.25 bits per heavy atom. The van der Waals surface area contributed by atoms with Crippen LogP contribution in [0.5, 0.6) is 0 Å². The summed E-state index contributed by atoms with van der Waals surface area (Å²) in [4.78, 5) is 16.4. The quantitative estimate of drug-likeness (QED) is 0.832. The highest BCUT2D eigenvalue weighted by Crippen LogP contribution is 2.21. The molecule has 106 valence electrons. The number of hydrogen-bond donors (Lipinski definition) is 2. The fourth-order valence-corrected chi connectivity index (χ4v) is 1.67. The number of aromatic nitrogens is 1. The van der Waals surface area contributed by atoms with Crippen molar-refractivity contribution in [1.82, 2.24) is 4.98 Å². The summed E-state index contributed by atoms with van der Waals surface area (Å²) >= 11 is 5.56. The Morgan fingerprint density at radius 3 is 2.20 bits per heavy atom. The highest BCUT2D eigenvalue weighted by Gasteiger charge is 2.10. The van der Waals surface area contributed by atoms with Crippen molar-refractivity contribution in [2.24, 2.45) is 0 Å². The lowest BCUT2D eigenvalue weighted by atomic mass is 10.2. The summed E-state index contributed by atoms with van der Waals surface area (Å²) in [6, 6.07) is 8.53. The Hall–Kier alpha value is -2.27. The molecule has 3 N–H and O–H groups in total. The average Bonchev–Trinajstić information content (AvgIpc) is 2.40. The second-order valence-corrected chi connectivity index (χ2v) is 4.52. The molecule has 1 heterocycles. The maximum absolute atomic E-state index is 10.5. The molecule has 0 saturated carbocycles. The van der Waals surface area contributed by atoms with Crippen LogP contribution in [-0.2, 0) is 0 Å². The first-order chi connectivity index (χ1) is 9.43. The van der Waals surface area contributed by atoms with Gasteiger partial charge in [-0.3, -0.25) is 4.98 Å². The molecule has 0 aliphatic rings. The number of halogens is 1. The Labute approximate surface area is 122 Å². The summed E-state index contributed by atoms with van der Waals surface area (Å²) in [5.74, 6) is -1.10. The van der Waals surface area contributed by atoms with Crippen molar-refractivity contribution in [2.45, 2.75) is 0 Å². The lowest BCUT2D eigenvalue weighted by molar-refractivity contribution is 0.0698. The van der Waals surface area contributed by atoms with E-state index < -0.39 is 5.97 Å². The summed E-state index contributed by atoms with van der Waals surface area (Å²) < 4.78 is 0. The maximum Gasteiger partial charge on any atom is 0.339 e. The van der Waals surface area contributed by atoms with Gasteiger partial charge in [0.2, 0.25) is 0 Å². The molecule has 0 bridgehead atoms. The predicted molar refractivity (Wildman–Crippen MR) is 81.4 cm³/mol. The second-order valence-electron chi connectivity index (χ2n) is 4.11. The van der Waals surface area contributed by atoms with Crippen molar-refractivity contribution in [2.75, 3.05) is 24.7 Å². The highest BCUT2D eigenvalue weighted by atomic mass is 35.5. The Morgan fingerprint density at radius 2 is 1.85 bits per heavy atom. The molecule has 2 rings (SSSR count). The van der Waals surface area contributed by atoms with Gasteiger partial charge in [-0.1, -0.05) is 17.7 Å². The molecule has 0 unspecified atom stereocenters. The van der Waals surface area contributed by atoms with E-state index in [0.717, 1.165) is 0 Å². The Bertz CT molecular complexity index is 554. The second kappa shape index (κ2) is 7.35. The van der Waals surface area contributed by atoms with E-state index in [1.54, 1.807) is 18.5 Å². The molecule has 2 aromatic rings. The molecule has 20 heavy (non-hydrogen) atoms. The SMILES string of the molecule is CN(C)c1ccncc1.Nc1cccc(Cl)c1C(=O)O. The molecule has 0 radical (unpaired) electrons. The molecule has 6 heteroatoms. The van der Waals surface area contributed by atoms with E-state index in [1.165, 1.54) is 17.8 Å². The van der Waals surface area contributed by atoms with Gasteiger partial charge in [-0.15, -0.1) is 0 Å². The minimum Gasteiger partial charge on any atom is -0.478 e. The molecule has 0 spiro atoms. The number of hydrogen-bond acceptors (Lipinski definition) is 4. The standard InChI is InChI=1S/C7H6ClNO2.C7H10N2/c8-4-2-1-3-5(9)6(4)7(10)11;1-9(2)7-3-5-8-6-4-7/h1-3H,9H2,(H,10,11);3-6H,1-2H3. The molecule has 0 amide bonds. The Kier molecular flexibility index (Phi) is 5.80. The van der Waals surface area contributed by atoms with Crippen LogP contribution in [0.3, 0.4) is 0 Å². The zero-order chi connectivity index (χ0) is 15.1. The number of carbonyl (C=O) groups is 1. The van der Waals surface area contributed by atoms with E-state index in [-0.39, 0.29) is 16.3 Å². The van der Waals surface area contributed by atoms with Crippen molar-refractivity contribution in [3.05, 3.63) is 53.3 Å². The monoisotopic (exact) mass is 293 g/mol. The lowest BCUT2D eigenvalue weighted by Crippen LogP contribution is -2.07. The zero-order valence-electron chi connectivity index (χ0n) is 11.2. The van der Waals surface area contributed by atoms with Crippen LogP contribution in [0.4, 0.5) is 11.4 Å². The van der Waals surface area contributed by atoms with E-state index in [1.807, 2.05) is 31.1 Å². The normalized spacial score (nSPS) is 9.35. The Balaban J connectivity index is 0.000000204. The van der Waals surface area contributed by atoms with Gasteiger partial charge >= 0.3 is 5.97 Å². The number of nitrogen functional groups attached to an aromatic ring is 1. The molecule has 0 atom stereocenters. The van der Waals surface area contributed by atoms with Crippen molar-refractivity contribution < 1.29 is 9.90 Å². The number of carboxylic acid groups (broad SMARTS) is 1. The van der Waals surface area contributed by atoms with Crippen LogP contribution in [0.15, 0.2) is 42.7 Å². The molecule has 0 aliphatic carbocycles. The minimum absolute atomic E-state index is 0.0332. The number of pyridine rings is 1. The van der Waals surface area contributed by atoms with Gasteiger partial charge in [0.15, 0.2) is 0 Å². The van der Waals surface area contributed by atoms with Gasteiger partial charge < -0.3 is 15.7 Å². The van der Waals surface area contributed by atoms with Crippen LogP contribution in [-0.4, -0.2) is 30.2 Å². The molecule has 1 aromatic heterocycles. The van der Waals surface area contributed by atoms with Gasteiger partial charge in [-0.2, -0.15) is 0 Å².